The summed E-state index contributed by atoms with van der Waals surface area (Å²) in [5, 5.41) is 10.7. The van der Waals surface area contributed by atoms with Gasteiger partial charge < -0.3 is 12.2 Å². The molecule has 0 N–H and O–H groups in total. The molecule has 6 heteroatoms. The number of non-ortho nitro benzene ring substituents is 1. The van der Waals surface area contributed by atoms with Gasteiger partial charge in [-0.1, -0.05) is 30.3 Å². The van der Waals surface area contributed by atoms with E-state index in [1.54, 1.807) is 12.1 Å². The number of hydrogen-bond donors (Lipinski definition) is 0. The van der Waals surface area contributed by atoms with Gasteiger partial charge in [-0.25, -0.2) is 0 Å². The number of rotatable bonds is 5. The van der Waals surface area contributed by atoms with Crippen molar-refractivity contribution >= 4 is 30.6 Å². The Morgan fingerprint density at radius 3 is 2.32 bits per heavy atom. The van der Waals surface area contributed by atoms with Gasteiger partial charge in [-0.3, -0.25) is 10.1 Å². The maximum absolute atomic E-state index is 10.7. The van der Waals surface area contributed by atoms with E-state index in [0.29, 0.717) is 0 Å². The minimum atomic E-state index is -0.884. The molecule has 22 heavy (non-hydrogen) atoms. The molecule has 4 nitrogen and oxygen atoms in total. The highest BCUT2D eigenvalue weighted by molar-refractivity contribution is 8.31. The quantitative estimate of drug-likeness (QED) is 0.354. The maximum Gasteiger partial charge on any atom is 0.269 e. The van der Waals surface area contributed by atoms with Gasteiger partial charge in [0.2, 0.25) is 0 Å². The van der Waals surface area contributed by atoms with Crippen LogP contribution in [0.5, 0.6) is 0 Å². The highest BCUT2D eigenvalue weighted by atomic mass is 32.7. The molecule has 0 radical (unpaired) electrons. The summed E-state index contributed by atoms with van der Waals surface area (Å²) in [6.45, 7) is 1.24. The van der Waals surface area contributed by atoms with Gasteiger partial charge in [0.1, 0.15) is 5.80 Å². The number of hydrogen-bond acceptors (Lipinski definition) is 4. The zero-order chi connectivity index (χ0) is 16.1. The third-order valence-electron chi connectivity index (χ3n) is 3.52. The molecule has 2 atom stereocenters. The average Bonchev–Trinajstić information content (AvgIpc) is 2.54. The van der Waals surface area contributed by atoms with E-state index in [1.165, 1.54) is 17.7 Å². The molecule has 2 aromatic carbocycles. The molecule has 0 saturated carbocycles. The van der Waals surface area contributed by atoms with E-state index < -0.39 is 11.8 Å². The minimum Gasteiger partial charge on any atom is -0.471 e. The Morgan fingerprint density at radius 2 is 1.77 bits per heavy atom. The Morgan fingerprint density at radius 1 is 1.18 bits per heavy atom. The van der Waals surface area contributed by atoms with E-state index >= 15 is 0 Å². The van der Waals surface area contributed by atoms with Crippen LogP contribution >= 0.6 is 6.90 Å². The molecule has 2 aromatic rings. The van der Waals surface area contributed by atoms with Crippen molar-refractivity contribution in [2.45, 2.75) is 13.0 Å². The molecule has 0 aromatic heterocycles. The van der Waals surface area contributed by atoms with Crippen molar-refractivity contribution in [2.75, 3.05) is 7.05 Å². The highest BCUT2D eigenvalue weighted by Crippen LogP contribution is 2.34. The van der Waals surface area contributed by atoms with Crippen molar-refractivity contribution in [3.05, 3.63) is 75.8 Å². The summed E-state index contributed by atoms with van der Waals surface area (Å²) in [6.07, 6.45) is 0. The van der Waals surface area contributed by atoms with Gasteiger partial charge in [-0.15, -0.1) is 4.67 Å². The molecule has 2 rings (SSSR count). The van der Waals surface area contributed by atoms with Crippen LogP contribution in [0.3, 0.4) is 0 Å². The molecule has 0 aliphatic heterocycles. The third kappa shape index (κ3) is 4.17. The Bertz CT molecular complexity index is 674. The second-order valence-electron chi connectivity index (χ2n) is 4.94. The normalized spacial score (nSPS) is 13.2. The molecule has 2 unspecified atom stereocenters. The zero-order valence-electron chi connectivity index (χ0n) is 12.4. The van der Waals surface area contributed by atoms with E-state index in [0.717, 1.165) is 5.56 Å². The molecule has 0 aliphatic carbocycles. The number of nitro groups is 1. The van der Waals surface area contributed by atoms with E-state index in [1.807, 2.05) is 31.0 Å². The summed E-state index contributed by atoms with van der Waals surface area (Å²) in [4.78, 5) is 10.3. The van der Waals surface area contributed by atoms with E-state index in [-0.39, 0.29) is 11.7 Å². The predicted molar refractivity (Wildman–Crippen MR) is 95.2 cm³/mol. The lowest BCUT2D eigenvalue weighted by atomic mass is 10.1. The first-order valence-corrected chi connectivity index (χ1v) is 9.20. The number of nitrogens with zero attached hydrogens (tertiary/aromatic N) is 2. The van der Waals surface area contributed by atoms with Gasteiger partial charge in [-0.05, 0) is 24.6 Å². The monoisotopic (exact) mass is 332 g/mol. The van der Waals surface area contributed by atoms with E-state index in [9.17, 15) is 10.1 Å². The van der Waals surface area contributed by atoms with Crippen LogP contribution in [-0.2, 0) is 12.2 Å². The smallest absolute Gasteiger partial charge is 0.269 e. The zero-order valence-corrected chi connectivity index (χ0v) is 14.1. The molecule has 0 amide bonds. The Hall–Kier alpha value is -1.68. The second-order valence-corrected chi connectivity index (χ2v) is 7.56. The Labute approximate surface area is 136 Å². The summed E-state index contributed by atoms with van der Waals surface area (Å²) in [7, 11) is 2.01. The van der Waals surface area contributed by atoms with Crippen molar-refractivity contribution in [1.82, 2.24) is 4.67 Å². The van der Waals surface area contributed by atoms with E-state index in [4.69, 9.17) is 12.2 Å². The summed E-state index contributed by atoms with van der Waals surface area (Å²) in [5.74, 6) is 1.99. The first-order valence-electron chi connectivity index (χ1n) is 6.82. The number of nitro benzene ring substituents is 1. The van der Waals surface area contributed by atoms with Crippen LogP contribution in [-0.4, -0.2) is 22.4 Å². The first kappa shape index (κ1) is 16.7. The highest BCUT2D eigenvalue weighted by Gasteiger charge is 2.16. The lowest BCUT2D eigenvalue weighted by Gasteiger charge is -2.21. The van der Waals surface area contributed by atoms with Crippen LogP contribution in [0.25, 0.3) is 0 Å². The van der Waals surface area contributed by atoms with Gasteiger partial charge in [0, 0.05) is 31.6 Å². The fraction of sp³-hybridized carbons (Fsp3) is 0.188. The molecule has 0 fully saturated rings. The fourth-order valence-electron chi connectivity index (χ4n) is 2.02. The topological polar surface area (TPSA) is 46.4 Å². The van der Waals surface area contributed by atoms with Gasteiger partial charge in [-0.2, -0.15) is 0 Å². The van der Waals surface area contributed by atoms with Crippen LogP contribution in [0.15, 0.2) is 54.6 Å². The predicted octanol–water partition coefficient (Wildman–Crippen LogP) is 4.30. The fourth-order valence-corrected chi connectivity index (χ4v) is 3.89. The van der Waals surface area contributed by atoms with Gasteiger partial charge in [0.05, 0.1) is 11.0 Å². The van der Waals surface area contributed by atoms with Crippen LogP contribution in [0.2, 0.25) is 0 Å². The standard InChI is InChI=1S/C16H17N2O2PS/c1-13(15-6-4-3-5-7-15)17(2)21(22)12-14-8-10-16(11-9-14)18(19)20/h3-13H,1-2H3. The lowest BCUT2D eigenvalue weighted by molar-refractivity contribution is -0.384. The van der Waals surface area contributed by atoms with Crippen LogP contribution in [0, 0.1) is 10.1 Å². The molecular weight excluding hydrogens is 315 g/mol. The lowest BCUT2D eigenvalue weighted by Crippen LogP contribution is -2.14. The van der Waals surface area contributed by atoms with Gasteiger partial charge in [0.15, 0.2) is 0 Å². The molecule has 0 saturated heterocycles. The molecular formula is C16H17N2O2PS. The summed E-state index contributed by atoms with van der Waals surface area (Å²) >= 11 is 5.60. The molecule has 0 spiro atoms. The largest absolute Gasteiger partial charge is 0.471 e. The van der Waals surface area contributed by atoms with Crippen molar-refractivity contribution in [3.63, 3.8) is 0 Å². The second kappa shape index (κ2) is 7.54. The molecule has 0 bridgehead atoms. The molecule has 114 valence electrons. The van der Waals surface area contributed by atoms with Crippen molar-refractivity contribution in [3.8, 4) is 0 Å². The first-order chi connectivity index (χ1) is 10.5. The average molecular weight is 332 g/mol. The molecule has 0 heterocycles. The number of benzene rings is 2. The van der Waals surface area contributed by atoms with E-state index in [2.05, 4.69) is 23.7 Å². The van der Waals surface area contributed by atoms with Gasteiger partial charge in [0.25, 0.3) is 5.69 Å². The SMILES string of the molecule is CC(c1ccccc1)N(C)/[P+]([S-])=C/c1ccc([N+](=O)[O-])cc1. The van der Waals surface area contributed by atoms with Crippen LogP contribution in [0.1, 0.15) is 24.1 Å². The Balaban J connectivity index is 2.15. The van der Waals surface area contributed by atoms with Crippen LogP contribution < -0.4 is 0 Å². The van der Waals surface area contributed by atoms with Crippen molar-refractivity contribution in [2.24, 2.45) is 0 Å². The minimum absolute atomic E-state index is 0.0943. The Kier molecular flexibility index (Phi) is 5.72. The van der Waals surface area contributed by atoms with Gasteiger partial charge >= 0.3 is 0 Å². The van der Waals surface area contributed by atoms with Crippen molar-refractivity contribution in [1.29, 1.82) is 0 Å². The van der Waals surface area contributed by atoms with Crippen molar-refractivity contribution < 1.29 is 4.92 Å². The maximum atomic E-state index is 10.7. The summed E-state index contributed by atoms with van der Waals surface area (Å²) in [6, 6.07) is 16.9. The van der Waals surface area contributed by atoms with Crippen LogP contribution in [0.4, 0.5) is 5.69 Å². The molecule has 0 aliphatic rings. The third-order valence-corrected chi connectivity index (χ3v) is 6.09. The summed E-state index contributed by atoms with van der Waals surface area (Å²) < 4.78 is 2.15. The summed E-state index contributed by atoms with van der Waals surface area (Å²) in [5.41, 5.74) is 2.23.